The van der Waals surface area contributed by atoms with Gasteiger partial charge in [0.2, 0.25) is 0 Å². The minimum atomic E-state index is -5.68. The Labute approximate surface area is 218 Å². The Morgan fingerprint density at radius 1 is 0.923 bits per heavy atom. The van der Waals surface area contributed by atoms with Gasteiger partial charge in [-0.05, 0) is 49.5 Å². The monoisotopic (exact) mass is 577 g/mol. The molecule has 220 valence electrons. The molecule has 0 aromatic heterocycles. The summed E-state index contributed by atoms with van der Waals surface area (Å²) < 4.78 is 124. The minimum Gasteiger partial charge on any atom is -0.480 e. The van der Waals surface area contributed by atoms with Crippen LogP contribution in [0.15, 0.2) is 18.2 Å². The van der Waals surface area contributed by atoms with E-state index in [9.17, 15) is 49.4 Å². The van der Waals surface area contributed by atoms with Crippen molar-refractivity contribution in [1.29, 1.82) is 0 Å². The molecule has 0 radical (unpaired) electrons. The highest BCUT2D eigenvalue weighted by Crippen LogP contribution is 2.49. The predicted octanol–water partition coefficient (Wildman–Crippen LogP) is 4.78. The average molecular weight is 577 g/mol. The number of likely N-dealkylation sites (tertiary alicyclic amines) is 2. The number of alkyl halides is 9. The van der Waals surface area contributed by atoms with Crippen molar-refractivity contribution in [1.82, 2.24) is 15.1 Å². The number of hydrogen-bond donors (Lipinski definition) is 2. The lowest BCUT2D eigenvalue weighted by atomic mass is 9.84. The fraction of sp³-hybridized carbons (Fsp3) is 0.708. The van der Waals surface area contributed by atoms with E-state index in [1.807, 2.05) is 5.32 Å². The maximum absolute atomic E-state index is 13.5. The summed E-state index contributed by atoms with van der Waals surface area (Å²) >= 11 is 0. The van der Waals surface area contributed by atoms with Crippen molar-refractivity contribution in [2.75, 3.05) is 26.2 Å². The lowest BCUT2D eigenvalue weighted by molar-refractivity contribution is -0.293. The molecule has 0 saturated carbocycles. The summed E-state index contributed by atoms with van der Waals surface area (Å²) in [4.78, 5) is 15.3. The van der Waals surface area contributed by atoms with Gasteiger partial charge in [0.15, 0.2) is 5.92 Å². The van der Waals surface area contributed by atoms with Gasteiger partial charge in [-0.3, -0.25) is 14.6 Å². The zero-order chi connectivity index (χ0) is 28.8. The number of hydrogen-bond acceptors (Lipinski definition) is 5. The average Bonchev–Trinajstić information content (AvgIpc) is 3.33. The third kappa shape index (κ3) is 7.09. The van der Waals surface area contributed by atoms with E-state index in [0.717, 1.165) is 38.4 Å². The van der Waals surface area contributed by atoms with Crippen LogP contribution in [0.3, 0.4) is 0 Å². The van der Waals surface area contributed by atoms with Crippen LogP contribution < -0.4 is 10.1 Å². The van der Waals surface area contributed by atoms with Gasteiger partial charge in [-0.15, -0.1) is 13.2 Å². The number of benzene rings is 1. The number of rotatable bonds is 7. The molecule has 2 N–H and O–H groups in total. The molecule has 1 aromatic rings. The number of halogens is 9. The van der Waals surface area contributed by atoms with Crippen molar-refractivity contribution in [3.63, 3.8) is 0 Å². The van der Waals surface area contributed by atoms with Crippen molar-refractivity contribution < 1.29 is 54.2 Å². The zero-order valence-electron chi connectivity index (χ0n) is 20.5. The van der Waals surface area contributed by atoms with Gasteiger partial charge in [0.1, 0.15) is 11.8 Å². The summed E-state index contributed by atoms with van der Waals surface area (Å²) in [7, 11) is 0. The van der Waals surface area contributed by atoms with Crippen LogP contribution in [0.5, 0.6) is 5.75 Å². The number of nitrogens with one attached hydrogen (secondary N) is 1. The first-order chi connectivity index (χ1) is 18.0. The third-order valence-corrected chi connectivity index (χ3v) is 7.68. The van der Waals surface area contributed by atoms with Crippen LogP contribution in [-0.4, -0.2) is 77.9 Å². The number of fused-ring (bicyclic) bond motifs is 1. The second-order valence-corrected chi connectivity index (χ2v) is 10.4. The number of carboxylic acids is 1. The number of carbonyl (C=O) groups is 1. The van der Waals surface area contributed by atoms with E-state index < -0.39 is 60.3 Å². The topological polar surface area (TPSA) is 65.0 Å². The molecule has 4 unspecified atom stereocenters. The molecule has 1 aromatic carbocycles. The largest absolute Gasteiger partial charge is 0.573 e. The highest BCUT2D eigenvalue weighted by molar-refractivity contribution is 5.74. The molecule has 39 heavy (non-hydrogen) atoms. The van der Waals surface area contributed by atoms with Gasteiger partial charge in [-0.2, -0.15) is 26.3 Å². The minimum absolute atomic E-state index is 0.0568. The molecule has 3 fully saturated rings. The van der Waals surface area contributed by atoms with Crippen LogP contribution in [-0.2, 0) is 17.9 Å². The highest BCUT2D eigenvalue weighted by atomic mass is 19.4. The molecule has 15 heteroatoms. The predicted molar refractivity (Wildman–Crippen MR) is 118 cm³/mol. The Hall–Kier alpha value is -2.26. The summed E-state index contributed by atoms with van der Waals surface area (Å²) in [6.45, 7) is 1.24. The van der Waals surface area contributed by atoms with E-state index >= 15 is 0 Å². The molecule has 4 atom stereocenters. The Bertz CT molecular complexity index is 1010. The summed E-state index contributed by atoms with van der Waals surface area (Å²) in [5.74, 6) is -8.37. The van der Waals surface area contributed by atoms with Crippen LogP contribution in [0.25, 0.3) is 0 Å². The van der Waals surface area contributed by atoms with E-state index in [1.165, 1.54) is 17.0 Å². The van der Waals surface area contributed by atoms with E-state index in [-0.39, 0.29) is 25.2 Å². The summed E-state index contributed by atoms with van der Waals surface area (Å²) in [6.07, 6.45) is -13.4. The second kappa shape index (κ2) is 11.0. The van der Waals surface area contributed by atoms with E-state index in [2.05, 4.69) is 9.64 Å². The number of carboxylic acid groups (broad SMARTS) is 1. The maximum Gasteiger partial charge on any atom is 0.573 e. The molecular weight excluding hydrogens is 549 g/mol. The van der Waals surface area contributed by atoms with E-state index in [0.29, 0.717) is 12.1 Å². The van der Waals surface area contributed by atoms with Crippen LogP contribution in [0.2, 0.25) is 0 Å². The van der Waals surface area contributed by atoms with Gasteiger partial charge in [-0.25, -0.2) is 0 Å². The molecule has 3 heterocycles. The Morgan fingerprint density at radius 3 is 2.10 bits per heavy atom. The van der Waals surface area contributed by atoms with Gasteiger partial charge in [-0.1, -0.05) is 12.5 Å². The number of nitrogens with zero attached hydrogens (tertiary/aromatic N) is 2. The summed E-state index contributed by atoms with van der Waals surface area (Å²) in [5, 5.41) is 11.6. The quantitative estimate of drug-likeness (QED) is 0.455. The van der Waals surface area contributed by atoms with Crippen molar-refractivity contribution >= 4 is 5.97 Å². The summed E-state index contributed by atoms with van der Waals surface area (Å²) in [6, 6.07) is 0.191. The van der Waals surface area contributed by atoms with Crippen molar-refractivity contribution in [3.8, 4) is 5.75 Å². The Kier molecular flexibility index (Phi) is 8.35. The van der Waals surface area contributed by atoms with Gasteiger partial charge in [0.25, 0.3) is 0 Å². The van der Waals surface area contributed by atoms with E-state index in [4.69, 9.17) is 0 Å². The standard InChI is InChI=1S/C24H28F9N3O3/c25-22(26,27)20(23(28,29)30)18-15-11-36(12-16(15)19(34-18)21(37)38)10-14-8-13(9-35-6-2-1-3-7-35)4-5-17(14)39-24(31,32)33/h4-5,8,15-16,18-20,34H,1-3,6-7,9-12H2,(H,37,38). The SMILES string of the molecule is O=C(O)C1NC(C(C(F)(F)F)C(F)(F)F)C2CN(Cc3cc(CN4CCCCC4)ccc3OC(F)(F)F)CC12. The first kappa shape index (κ1) is 29.7. The zero-order valence-corrected chi connectivity index (χ0v) is 20.5. The van der Waals surface area contributed by atoms with Crippen LogP contribution in [0, 0.1) is 17.8 Å². The van der Waals surface area contributed by atoms with Gasteiger partial charge in [0.05, 0.1) is 0 Å². The van der Waals surface area contributed by atoms with Gasteiger partial charge < -0.3 is 15.2 Å². The highest BCUT2D eigenvalue weighted by Gasteiger charge is 2.66. The maximum atomic E-state index is 13.5. The Morgan fingerprint density at radius 2 is 1.54 bits per heavy atom. The molecule has 3 saturated heterocycles. The lowest BCUT2D eigenvalue weighted by Crippen LogP contribution is -2.53. The first-order valence-corrected chi connectivity index (χ1v) is 12.5. The normalized spacial score (nSPS) is 27.2. The number of ether oxygens (including phenoxy) is 1. The third-order valence-electron chi connectivity index (χ3n) is 7.68. The van der Waals surface area contributed by atoms with Crippen LogP contribution in [0.4, 0.5) is 39.5 Å². The molecule has 4 rings (SSSR count). The smallest absolute Gasteiger partial charge is 0.480 e. The van der Waals surface area contributed by atoms with E-state index in [1.54, 1.807) is 0 Å². The molecule has 3 aliphatic rings. The van der Waals surface area contributed by atoms with Gasteiger partial charge in [0, 0.05) is 43.7 Å². The fourth-order valence-electron chi connectivity index (χ4n) is 6.14. The van der Waals surface area contributed by atoms with Crippen LogP contribution >= 0.6 is 0 Å². The Balaban J connectivity index is 1.59. The first-order valence-electron chi connectivity index (χ1n) is 12.5. The molecular formula is C24H28F9N3O3. The summed E-state index contributed by atoms with van der Waals surface area (Å²) in [5.41, 5.74) is 0.736. The second-order valence-electron chi connectivity index (χ2n) is 10.4. The fourth-order valence-corrected chi connectivity index (χ4v) is 6.14. The number of piperidine rings is 1. The molecule has 0 bridgehead atoms. The van der Waals surface area contributed by atoms with Crippen LogP contribution in [0.1, 0.15) is 30.4 Å². The molecule has 6 nitrogen and oxygen atoms in total. The number of aliphatic carboxylic acids is 1. The molecule has 3 aliphatic heterocycles. The van der Waals surface area contributed by atoms with Crippen molar-refractivity contribution in [2.24, 2.45) is 17.8 Å². The van der Waals surface area contributed by atoms with Gasteiger partial charge >= 0.3 is 24.7 Å². The molecule has 0 spiro atoms. The lowest BCUT2D eigenvalue weighted by Gasteiger charge is -2.32. The molecule has 0 amide bonds. The molecule has 0 aliphatic carbocycles. The van der Waals surface area contributed by atoms with Crippen molar-refractivity contribution in [2.45, 2.75) is 63.2 Å². The van der Waals surface area contributed by atoms with Crippen molar-refractivity contribution in [3.05, 3.63) is 29.3 Å².